The van der Waals surface area contributed by atoms with Gasteiger partial charge in [0.05, 0.1) is 4.90 Å². The second kappa shape index (κ2) is 4.17. The van der Waals surface area contributed by atoms with Crippen molar-refractivity contribution >= 4 is 31.0 Å². The molecule has 9 heteroatoms. The smallest absolute Gasteiger partial charge is 0.290 e. The van der Waals surface area contributed by atoms with E-state index in [1.807, 2.05) is 0 Å². The Morgan fingerprint density at radius 2 is 1.47 bits per heavy atom. The average molecular weight is 303 g/mol. The predicted molar refractivity (Wildman–Crippen MR) is 63.7 cm³/mol. The molecule has 2 N–H and O–H groups in total. The van der Waals surface area contributed by atoms with Crippen molar-refractivity contribution in [2.45, 2.75) is 9.79 Å². The Kier molecular flexibility index (Phi) is 3.01. The van der Waals surface area contributed by atoms with Crippen molar-refractivity contribution in [3.63, 3.8) is 0 Å². The van der Waals surface area contributed by atoms with Crippen molar-refractivity contribution in [1.29, 1.82) is 0 Å². The molecule has 0 unspecified atom stereocenters. The monoisotopic (exact) mass is 303 g/mol. The second-order valence-corrected chi connectivity index (χ2v) is 6.57. The zero-order valence-electron chi connectivity index (χ0n) is 9.14. The van der Waals surface area contributed by atoms with E-state index >= 15 is 0 Å². The maximum Gasteiger partial charge on any atom is 0.295 e. The number of rotatable bonds is 2. The fourth-order valence-corrected chi connectivity index (χ4v) is 3.01. The highest BCUT2D eigenvalue weighted by Crippen LogP contribution is 2.29. The summed E-state index contributed by atoms with van der Waals surface area (Å²) in [5.74, 6) is -0.471. The van der Waals surface area contributed by atoms with Crippen molar-refractivity contribution < 1.29 is 31.0 Å². The van der Waals surface area contributed by atoms with E-state index in [2.05, 4.69) is 0 Å². The molecule has 7 nitrogen and oxygen atoms in total. The molecule has 2 aromatic carbocycles. The molecule has 0 saturated heterocycles. The highest BCUT2D eigenvalue weighted by atomic mass is 32.2. The summed E-state index contributed by atoms with van der Waals surface area (Å²) in [4.78, 5) is -1.42. The van der Waals surface area contributed by atoms with E-state index in [-0.39, 0.29) is 10.8 Å². The van der Waals surface area contributed by atoms with Gasteiger partial charge in [-0.05, 0) is 35.7 Å². The SMILES string of the molecule is [O]c1ccc2c(S(=O)(=O)O)cc(S(=O)(=O)O)cc2c1. The molecule has 0 heterocycles. The van der Waals surface area contributed by atoms with Crippen molar-refractivity contribution in [1.82, 2.24) is 0 Å². The maximum absolute atomic E-state index is 11.2. The van der Waals surface area contributed by atoms with Crippen LogP contribution in [0.5, 0.6) is 5.75 Å². The third-order valence-corrected chi connectivity index (χ3v) is 4.16. The summed E-state index contributed by atoms with van der Waals surface area (Å²) in [6, 6.07) is 4.79. The zero-order valence-corrected chi connectivity index (χ0v) is 10.8. The largest absolute Gasteiger partial charge is 0.295 e. The summed E-state index contributed by atoms with van der Waals surface area (Å²) < 4.78 is 62.5. The van der Waals surface area contributed by atoms with Gasteiger partial charge in [-0.2, -0.15) is 16.8 Å². The maximum atomic E-state index is 11.2. The molecule has 2 aromatic rings. The van der Waals surface area contributed by atoms with Gasteiger partial charge < -0.3 is 0 Å². The first-order chi connectivity index (χ1) is 8.59. The van der Waals surface area contributed by atoms with E-state index < -0.39 is 35.8 Å². The lowest BCUT2D eigenvalue weighted by molar-refractivity contribution is 0.355. The minimum absolute atomic E-state index is 0.0183. The molecule has 0 aliphatic heterocycles. The Bertz CT molecular complexity index is 866. The molecule has 2 rings (SSSR count). The van der Waals surface area contributed by atoms with Gasteiger partial charge in [-0.15, -0.1) is 0 Å². The van der Waals surface area contributed by atoms with Crippen LogP contribution in [0.1, 0.15) is 0 Å². The summed E-state index contributed by atoms with van der Waals surface area (Å²) in [6.45, 7) is 0. The lowest BCUT2D eigenvalue weighted by Crippen LogP contribution is -2.04. The van der Waals surface area contributed by atoms with Crippen LogP contribution in [0.15, 0.2) is 40.1 Å². The van der Waals surface area contributed by atoms with Gasteiger partial charge in [-0.3, -0.25) is 14.2 Å². The lowest BCUT2D eigenvalue weighted by Gasteiger charge is -2.06. The van der Waals surface area contributed by atoms with Crippen LogP contribution in [0, 0.1) is 0 Å². The minimum atomic E-state index is -4.70. The number of hydrogen-bond donors (Lipinski definition) is 2. The number of hydrogen-bond acceptors (Lipinski definition) is 4. The van der Waals surface area contributed by atoms with Crippen molar-refractivity contribution in [2.24, 2.45) is 0 Å². The van der Waals surface area contributed by atoms with Crippen LogP contribution < -0.4 is 0 Å². The van der Waals surface area contributed by atoms with Crippen LogP contribution in [-0.4, -0.2) is 25.9 Å². The molecule has 0 aromatic heterocycles. The van der Waals surface area contributed by atoms with Crippen LogP contribution >= 0.6 is 0 Å². The molecular formula is C10H7O7S2. The standard InChI is InChI=1S/C10H7O7S2/c11-7-1-2-9-6(3-7)4-8(18(12,13)14)5-10(9)19(15,16)17/h1-5H,(H,12,13,14)(H,15,16,17). The van der Waals surface area contributed by atoms with Gasteiger partial charge in [0, 0.05) is 5.39 Å². The molecule has 0 spiro atoms. The van der Waals surface area contributed by atoms with Gasteiger partial charge >= 0.3 is 0 Å². The molecule has 0 amide bonds. The van der Waals surface area contributed by atoms with Crippen LogP contribution in [0.4, 0.5) is 0 Å². The Balaban J connectivity index is 3.01. The second-order valence-electron chi connectivity index (χ2n) is 3.75. The first kappa shape index (κ1) is 13.7. The van der Waals surface area contributed by atoms with Crippen LogP contribution in [0.25, 0.3) is 10.8 Å². The fraction of sp³-hybridized carbons (Fsp3) is 0. The van der Waals surface area contributed by atoms with Crippen LogP contribution in [-0.2, 0) is 25.3 Å². The molecule has 0 atom stereocenters. The van der Waals surface area contributed by atoms with E-state index in [0.29, 0.717) is 6.07 Å². The summed E-state index contributed by atoms with van der Waals surface area (Å²) >= 11 is 0. The Hall–Kier alpha value is -1.68. The van der Waals surface area contributed by atoms with Crippen molar-refractivity contribution in [3.05, 3.63) is 30.3 Å². The Morgan fingerprint density at radius 3 is 2.00 bits per heavy atom. The van der Waals surface area contributed by atoms with Crippen LogP contribution in [0.3, 0.4) is 0 Å². The fourth-order valence-electron chi connectivity index (χ4n) is 1.65. The molecule has 101 valence electrons. The number of fused-ring (bicyclic) bond motifs is 1. The zero-order chi connectivity index (χ0) is 14.4. The summed E-state index contributed by atoms with van der Waals surface area (Å²) in [6.07, 6.45) is 0. The van der Waals surface area contributed by atoms with Gasteiger partial charge in [0.1, 0.15) is 4.90 Å². The van der Waals surface area contributed by atoms with E-state index in [1.165, 1.54) is 0 Å². The third kappa shape index (κ3) is 2.68. The molecule has 19 heavy (non-hydrogen) atoms. The quantitative estimate of drug-likeness (QED) is 0.808. The summed E-state index contributed by atoms with van der Waals surface area (Å²) in [5, 5.41) is 11.1. The summed E-state index contributed by atoms with van der Waals surface area (Å²) in [7, 11) is -9.37. The van der Waals surface area contributed by atoms with Gasteiger partial charge in [-0.25, -0.2) is 0 Å². The first-order valence-corrected chi connectivity index (χ1v) is 7.67. The Morgan fingerprint density at radius 1 is 0.842 bits per heavy atom. The average Bonchev–Trinajstić information content (AvgIpc) is 2.24. The minimum Gasteiger partial charge on any atom is -0.290 e. The Labute approximate surface area is 108 Å². The highest BCUT2D eigenvalue weighted by molar-refractivity contribution is 7.86. The van der Waals surface area contributed by atoms with Crippen molar-refractivity contribution in [2.75, 3.05) is 0 Å². The van der Waals surface area contributed by atoms with Gasteiger partial charge in [0.15, 0.2) is 5.75 Å². The summed E-state index contributed by atoms with van der Waals surface area (Å²) in [5.41, 5.74) is 0. The van der Waals surface area contributed by atoms with E-state index in [9.17, 15) is 21.9 Å². The topological polar surface area (TPSA) is 129 Å². The molecule has 0 saturated carbocycles. The van der Waals surface area contributed by atoms with E-state index in [0.717, 1.165) is 24.3 Å². The first-order valence-electron chi connectivity index (χ1n) is 4.79. The van der Waals surface area contributed by atoms with Crippen LogP contribution in [0.2, 0.25) is 0 Å². The predicted octanol–water partition coefficient (Wildman–Crippen LogP) is 1.48. The molecule has 1 radical (unpaired) electrons. The van der Waals surface area contributed by atoms with Gasteiger partial charge in [0.25, 0.3) is 20.2 Å². The van der Waals surface area contributed by atoms with Crippen molar-refractivity contribution in [3.8, 4) is 5.75 Å². The van der Waals surface area contributed by atoms with E-state index in [1.54, 1.807) is 0 Å². The molecule has 0 aliphatic rings. The molecule has 0 bridgehead atoms. The molecular weight excluding hydrogens is 296 g/mol. The lowest BCUT2D eigenvalue weighted by atomic mass is 10.1. The number of benzene rings is 2. The molecule has 0 aliphatic carbocycles. The normalized spacial score (nSPS) is 12.7. The van der Waals surface area contributed by atoms with Gasteiger partial charge in [-0.1, -0.05) is 0 Å². The van der Waals surface area contributed by atoms with Gasteiger partial charge in [0.2, 0.25) is 0 Å². The molecule has 0 fully saturated rings. The van der Waals surface area contributed by atoms with E-state index in [4.69, 9.17) is 9.11 Å². The third-order valence-electron chi connectivity index (χ3n) is 2.44. The highest BCUT2D eigenvalue weighted by Gasteiger charge is 2.20.